The molecule has 132 valence electrons. The summed E-state index contributed by atoms with van der Waals surface area (Å²) in [4.78, 5) is 3.86. The van der Waals surface area contributed by atoms with Crippen LogP contribution in [0.1, 0.15) is 20.3 Å². The molecule has 0 heterocycles. The molecule has 0 saturated heterocycles. The topological polar surface area (TPSA) is 69.6 Å². The Morgan fingerprint density at radius 3 is 1.95 bits per heavy atom. The Balaban J connectivity index is 0. The molecule has 0 aromatic heterocycles. The van der Waals surface area contributed by atoms with Gasteiger partial charge in [0.2, 0.25) is 0 Å². The maximum Gasteiger partial charge on any atom is 0.485 e. The first-order chi connectivity index (χ1) is 9.99. The average Bonchev–Trinajstić information content (AvgIpc) is 2.41. The second-order valence-electron chi connectivity index (χ2n) is 4.34. The summed E-state index contributed by atoms with van der Waals surface area (Å²) in [6.07, 6.45) is 0.964. The van der Waals surface area contributed by atoms with Crippen LogP contribution < -0.4 is 0 Å². The summed E-state index contributed by atoms with van der Waals surface area (Å²) in [7, 11) is -6.09. The molecule has 0 fully saturated rings. The molecule has 5 nitrogen and oxygen atoms in total. The minimum atomic E-state index is -6.09. The Bertz CT molecular complexity index is 445. The third kappa shape index (κ3) is 10.2. The summed E-state index contributed by atoms with van der Waals surface area (Å²) >= 11 is 4.49. The molecule has 0 saturated carbocycles. The van der Waals surface area contributed by atoms with Crippen LogP contribution in [-0.2, 0) is 10.1 Å². The van der Waals surface area contributed by atoms with Crippen molar-refractivity contribution >= 4 is 27.5 Å². The van der Waals surface area contributed by atoms with E-state index in [1.54, 1.807) is 0 Å². The number of halogens is 4. The van der Waals surface area contributed by atoms with Gasteiger partial charge in [-0.3, -0.25) is 0 Å². The molecule has 0 amide bonds. The Labute approximate surface area is 133 Å². The van der Waals surface area contributed by atoms with E-state index in [0.717, 1.165) is 37.1 Å². The predicted molar refractivity (Wildman–Crippen MR) is 77.3 cm³/mol. The van der Waals surface area contributed by atoms with Gasteiger partial charge < -0.3 is 9.04 Å². The number of thiocarbonyl (C=S) groups is 1. The summed E-state index contributed by atoms with van der Waals surface area (Å²) in [6.45, 7) is 8.28. The molecular weight excluding hydrogens is 348 g/mol. The lowest BCUT2D eigenvalue weighted by molar-refractivity contribution is -0.924. The lowest BCUT2D eigenvalue weighted by Crippen LogP contribution is -2.49. The van der Waals surface area contributed by atoms with E-state index < -0.39 is 15.6 Å². The standard InChI is InChI=1S/C10H20FN2S.CHF3O3S/c1-3-13(4-2,9-6-11)8-5-7-12-10-14;2-1(3,4)8(5,6)7/h3-9H2,1-2H3;(H,5,6,7)/q+1;/p-1. The van der Waals surface area contributed by atoms with Gasteiger partial charge in [0.05, 0.1) is 31.3 Å². The molecular formula is C11H20F4N2O3S2. The highest BCUT2D eigenvalue weighted by Gasteiger charge is 2.36. The zero-order valence-corrected chi connectivity index (χ0v) is 14.0. The van der Waals surface area contributed by atoms with Gasteiger partial charge in [0.25, 0.3) is 0 Å². The van der Waals surface area contributed by atoms with Crippen molar-refractivity contribution in [2.45, 2.75) is 25.8 Å². The van der Waals surface area contributed by atoms with Gasteiger partial charge in [0.15, 0.2) is 10.1 Å². The number of aliphatic imine (C=N–C) groups is 1. The Morgan fingerprint density at radius 1 is 1.23 bits per heavy atom. The highest BCUT2D eigenvalue weighted by Crippen LogP contribution is 2.20. The highest BCUT2D eigenvalue weighted by molar-refractivity contribution is 7.86. The molecule has 0 rings (SSSR count). The molecule has 0 aliphatic rings. The SMILES string of the molecule is CC[N+](CC)(CCF)CCCN=C=S.O=S(=O)([O-])C(F)(F)F. The lowest BCUT2D eigenvalue weighted by atomic mass is 10.3. The number of rotatable bonds is 8. The molecule has 11 heteroatoms. The van der Waals surface area contributed by atoms with Crippen LogP contribution in [-0.4, -0.2) is 67.5 Å². The Morgan fingerprint density at radius 2 is 1.68 bits per heavy atom. The summed E-state index contributed by atoms with van der Waals surface area (Å²) in [5.74, 6) is 0. The van der Waals surface area contributed by atoms with Gasteiger partial charge in [-0.05, 0) is 26.1 Å². The number of quaternary nitrogens is 1. The first kappa shape index (κ1) is 23.7. The fraction of sp³-hybridized carbons (Fsp3) is 0.909. The van der Waals surface area contributed by atoms with Crippen LogP contribution in [0.15, 0.2) is 4.99 Å². The molecule has 0 bridgehead atoms. The number of hydrogen-bond acceptors (Lipinski definition) is 5. The molecule has 0 spiro atoms. The van der Waals surface area contributed by atoms with Crippen molar-refractivity contribution in [3.63, 3.8) is 0 Å². The van der Waals surface area contributed by atoms with Gasteiger partial charge in [0.1, 0.15) is 13.2 Å². The van der Waals surface area contributed by atoms with Gasteiger partial charge in [-0.15, -0.1) is 0 Å². The van der Waals surface area contributed by atoms with Crippen LogP contribution >= 0.6 is 12.2 Å². The second kappa shape index (κ2) is 11.0. The summed E-state index contributed by atoms with van der Waals surface area (Å²) in [6, 6.07) is 0. The predicted octanol–water partition coefficient (Wildman–Crippen LogP) is 2.36. The first-order valence-electron chi connectivity index (χ1n) is 6.46. The molecule has 0 N–H and O–H groups in total. The van der Waals surface area contributed by atoms with Crippen molar-refractivity contribution in [2.24, 2.45) is 4.99 Å². The van der Waals surface area contributed by atoms with E-state index in [1.807, 2.05) is 0 Å². The number of hydrogen-bond donors (Lipinski definition) is 0. The van der Waals surface area contributed by atoms with E-state index >= 15 is 0 Å². The third-order valence-electron chi connectivity index (χ3n) is 3.15. The molecule has 0 radical (unpaired) electrons. The largest absolute Gasteiger partial charge is 0.741 e. The summed E-state index contributed by atoms with van der Waals surface area (Å²) in [5.41, 5.74) is -5.65. The second-order valence-corrected chi connectivity index (χ2v) is 5.89. The summed E-state index contributed by atoms with van der Waals surface area (Å²) < 4.78 is 72.1. The Kier molecular flexibility index (Phi) is 11.8. The monoisotopic (exact) mass is 368 g/mol. The van der Waals surface area contributed by atoms with E-state index in [2.05, 4.69) is 36.2 Å². The average molecular weight is 368 g/mol. The van der Waals surface area contributed by atoms with Gasteiger partial charge in [-0.1, -0.05) is 0 Å². The molecule has 0 aliphatic heterocycles. The minimum absolute atomic E-state index is 0.238. The summed E-state index contributed by atoms with van der Waals surface area (Å²) in [5, 5.41) is 2.35. The normalized spacial score (nSPS) is 12.1. The molecule has 0 aromatic carbocycles. The van der Waals surface area contributed by atoms with Crippen LogP contribution in [0, 0.1) is 0 Å². The van der Waals surface area contributed by atoms with Crippen molar-refractivity contribution < 1.29 is 35.0 Å². The van der Waals surface area contributed by atoms with E-state index in [1.165, 1.54) is 0 Å². The van der Waals surface area contributed by atoms with Gasteiger partial charge in [-0.2, -0.15) is 13.2 Å². The van der Waals surface area contributed by atoms with E-state index in [9.17, 15) is 17.6 Å². The van der Waals surface area contributed by atoms with Crippen LogP contribution in [0.4, 0.5) is 17.6 Å². The van der Waals surface area contributed by atoms with E-state index in [0.29, 0.717) is 6.54 Å². The first-order valence-corrected chi connectivity index (χ1v) is 8.28. The zero-order chi connectivity index (χ0) is 17.9. The maximum atomic E-state index is 12.4. The molecule has 22 heavy (non-hydrogen) atoms. The zero-order valence-electron chi connectivity index (χ0n) is 12.4. The van der Waals surface area contributed by atoms with E-state index in [4.69, 9.17) is 13.0 Å². The Hall–Kier alpha value is -0.610. The fourth-order valence-electron chi connectivity index (χ4n) is 1.68. The van der Waals surface area contributed by atoms with Crippen LogP contribution in [0.3, 0.4) is 0 Å². The smallest absolute Gasteiger partial charge is 0.485 e. The quantitative estimate of drug-likeness (QED) is 0.125. The molecule has 0 atom stereocenters. The number of isothiocyanates is 1. The van der Waals surface area contributed by atoms with Crippen molar-refractivity contribution in [2.75, 3.05) is 39.4 Å². The molecule has 0 unspecified atom stereocenters. The van der Waals surface area contributed by atoms with Crippen molar-refractivity contribution in [3.05, 3.63) is 0 Å². The van der Waals surface area contributed by atoms with E-state index in [-0.39, 0.29) is 6.67 Å². The number of nitrogens with zero attached hydrogens (tertiary/aromatic N) is 2. The maximum absolute atomic E-state index is 12.4. The van der Waals surface area contributed by atoms with Crippen LogP contribution in [0.25, 0.3) is 0 Å². The van der Waals surface area contributed by atoms with Crippen LogP contribution in [0.5, 0.6) is 0 Å². The van der Waals surface area contributed by atoms with Crippen molar-refractivity contribution in [1.29, 1.82) is 0 Å². The lowest BCUT2D eigenvalue weighted by Gasteiger charge is -2.35. The third-order valence-corrected chi connectivity index (χ3v) is 3.85. The van der Waals surface area contributed by atoms with Gasteiger partial charge in [-0.25, -0.2) is 17.8 Å². The van der Waals surface area contributed by atoms with Crippen molar-refractivity contribution in [1.82, 2.24) is 0 Å². The fourth-order valence-corrected chi connectivity index (χ4v) is 1.77. The highest BCUT2D eigenvalue weighted by atomic mass is 32.2. The van der Waals surface area contributed by atoms with Gasteiger partial charge >= 0.3 is 5.51 Å². The van der Waals surface area contributed by atoms with Gasteiger partial charge in [0, 0.05) is 6.42 Å². The molecule has 0 aromatic rings. The molecule has 0 aliphatic carbocycles. The van der Waals surface area contributed by atoms with Crippen molar-refractivity contribution in [3.8, 4) is 0 Å². The number of alkyl halides is 4. The van der Waals surface area contributed by atoms with Crippen LogP contribution in [0.2, 0.25) is 0 Å². The minimum Gasteiger partial charge on any atom is -0.741 e.